The van der Waals surface area contributed by atoms with Gasteiger partial charge in [0.25, 0.3) is 0 Å². The van der Waals surface area contributed by atoms with E-state index in [9.17, 15) is 9.59 Å². The van der Waals surface area contributed by atoms with E-state index in [0.29, 0.717) is 26.1 Å². The number of hydrogen-bond acceptors (Lipinski definition) is 5. The molecule has 7 nitrogen and oxygen atoms in total. The summed E-state index contributed by atoms with van der Waals surface area (Å²) in [6.45, 7) is 5.29. The molecule has 0 unspecified atom stereocenters. The third-order valence-electron chi connectivity index (χ3n) is 2.88. The molecule has 0 saturated carbocycles. The third-order valence-corrected chi connectivity index (χ3v) is 2.88. The van der Waals surface area contributed by atoms with Crippen LogP contribution < -0.4 is 16.4 Å². The van der Waals surface area contributed by atoms with Crippen molar-refractivity contribution < 1.29 is 19.4 Å². The fraction of sp³-hybridized carbons (Fsp3) is 0.857. The Morgan fingerprint density at radius 2 is 1.76 bits per heavy atom. The molecule has 21 heavy (non-hydrogen) atoms. The van der Waals surface area contributed by atoms with Crippen molar-refractivity contribution in [2.75, 3.05) is 32.9 Å². The van der Waals surface area contributed by atoms with Crippen LogP contribution in [0.5, 0.6) is 0 Å². The van der Waals surface area contributed by atoms with Crippen molar-refractivity contribution in [3.8, 4) is 0 Å². The fourth-order valence-electron chi connectivity index (χ4n) is 1.58. The lowest BCUT2D eigenvalue weighted by atomic mass is 10.1. The van der Waals surface area contributed by atoms with Crippen LogP contribution in [0, 0.1) is 5.92 Å². The lowest BCUT2D eigenvalue weighted by Gasteiger charge is -2.12. The van der Waals surface area contributed by atoms with Crippen molar-refractivity contribution in [2.24, 2.45) is 11.7 Å². The van der Waals surface area contributed by atoms with Crippen LogP contribution in [0.25, 0.3) is 0 Å². The molecular formula is C14H29N3O4. The summed E-state index contributed by atoms with van der Waals surface area (Å²) < 4.78 is 5.02. The molecule has 0 aromatic carbocycles. The standard InChI is InChI=1S/C14H29N3O4/c1-11(2)13(19)16-6-4-3-5-12(15)14(20)17-7-9-21-10-8-18/h11-12,18H,3-10,15H2,1-2H3,(H,16,19)(H,17,20)/t12-/m0/s1. The van der Waals surface area contributed by atoms with Gasteiger partial charge in [0.2, 0.25) is 11.8 Å². The normalized spacial score (nSPS) is 12.2. The summed E-state index contributed by atoms with van der Waals surface area (Å²) >= 11 is 0. The summed E-state index contributed by atoms with van der Waals surface area (Å²) in [4.78, 5) is 22.9. The first kappa shape index (κ1) is 19.8. The van der Waals surface area contributed by atoms with Gasteiger partial charge in [0.05, 0.1) is 25.9 Å². The van der Waals surface area contributed by atoms with Crippen molar-refractivity contribution in [1.82, 2.24) is 10.6 Å². The van der Waals surface area contributed by atoms with E-state index in [1.54, 1.807) is 0 Å². The van der Waals surface area contributed by atoms with Gasteiger partial charge in [-0.1, -0.05) is 13.8 Å². The molecule has 0 aliphatic heterocycles. The zero-order valence-electron chi connectivity index (χ0n) is 13.1. The van der Waals surface area contributed by atoms with Crippen LogP contribution in [0.1, 0.15) is 33.1 Å². The highest BCUT2D eigenvalue weighted by atomic mass is 16.5. The van der Waals surface area contributed by atoms with Crippen LogP contribution in [0.3, 0.4) is 0 Å². The maximum Gasteiger partial charge on any atom is 0.236 e. The largest absolute Gasteiger partial charge is 0.394 e. The van der Waals surface area contributed by atoms with Crippen molar-refractivity contribution in [3.05, 3.63) is 0 Å². The number of unbranched alkanes of at least 4 members (excludes halogenated alkanes) is 1. The molecule has 0 fully saturated rings. The molecule has 124 valence electrons. The van der Waals surface area contributed by atoms with E-state index in [-0.39, 0.29) is 30.9 Å². The molecule has 0 aliphatic rings. The molecule has 0 aromatic rings. The third kappa shape index (κ3) is 11.2. The summed E-state index contributed by atoms with van der Waals surface area (Å²) in [5.41, 5.74) is 5.77. The van der Waals surface area contributed by atoms with E-state index < -0.39 is 6.04 Å². The zero-order valence-corrected chi connectivity index (χ0v) is 13.1. The molecule has 0 rings (SSSR count). The minimum Gasteiger partial charge on any atom is -0.394 e. The van der Waals surface area contributed by atoms with Crippen molar-refractivity contribution >= 4 is 11.8 Å². The highest BCUT2D eigenvalue weighted by Crippen LogP contribution is 1.99. The molecule has 5 N–H and O–H groups in total. The minimum absolute atomic E-state index is 0.00825. The van der Waals surface area contributed by atoms with Crippen molar-refractivity contribution in [2.45, 2.75) is 39.2 Å². The van der Waals surface area contributed by atoms with Crippen LogP contribution >= 0.6 is 0 Å². The number of nitrogens with two attached hydrogens (primary N) is 1. The predicted octanol–water partition coefficient (Wildman–Crippen LogP) is -0.619. The second-order valence-corrected chi connectivity index (χ2v) is 5.18. The monoisotopic (exact) mass is 303 g/mol. The number of hydrogen-bond donors (Lipinski definition) is 4. The summed E-state index contributed by atoms with van der Waals surface area (Å²) in [5, 5.41) is 14.0. The molecule has 1 atom stereocenters. The lowest BCUT2D eigenvalue weighted by Crippen LogP contribution is -2.41. The van der Waals surface area contributed by atoms with Gasteiger partial charge < -0.3 is 26.2 Å². The average molecular weight is 303 g/mol. The van der Waals surface area contributed by atoms with Gasteiger partial charge >= 0.3 is 0 Å². The van der Waals surface area contributed by atoms with Crippen molar-refractivity contribution in [3.63, 3.8) is 0 Å². The average Bonchev–Trinajstić information content (AvgIpc) is 2.45. The Hall–Kier alpha value is -1.18. The first-order valence-corrected chi connectivity index (χ1v) is 7.48. The van der Waals surface area contributed by atoms with Gasteiger partial charge in [0.1, 0.15) is 0 Å². The van der Waals surface area contributed by atoms with Crippen LogP contribution in [0.2, 0.25) is 0 Å². The Morgan fingerprint density at radius 3 is 2.38 bits per heavy atom. The van der Waals surface area contributed by atoms with Crippen LogP contribution in [-0.2, 0) is 14.3 Å². The Morgan fingerprint density at radius 1 is 1.10 bits per heavy atom. The van der Waals surface area contributed by atoms with E-state index in [1.165, 1.54) is 0 Å². The quantitative estimate of drug-likeness (QED) is 0.359. The molecule has 2 amide bonds. The van der Waals surface area contributed by atoms with E-state index in [1.807, 2.05) is 13.8 Å². The van der Waals surface area contributed by atoms with Gasteiger partial charge in [0, 0.05) is 19.0 Å². The maximum absolute atomic E-state index is 11.6. The second kappa shape index (κ2) is 12.6. The van der Waals surface area contributed by atoms with Gasteiger partial charge in [-0.05, 0) is 19.3 Å². The van der Waals surface area contributed by atoms with E-state index in [0.717, 1.165) is 12.8 Å². The Balaban J connectivity index is 3.53. The van der Waals surface area contributed by atoms with E-state index >= 15 is 0 Å². The van der Waals surface area contributed by atoms with Crippen LogP contribution in [0.4, 0.5) is 0 Å². The Labute approximate surface area is 126 Å². The van der Waals surface area contributed by atoms with Crippen molar-refractivity contribution in [1.29, 1.82) is 0 Å². The van der Waals surface area contributed by atoms with Crippen LogP contribution in [-0.4, -0.2) is 55.9 Å². The second-order valence-electron chi connectivity index (χ2n) is 5.18. The lowest BCUT2D eigenvalue weighted by molar-refractivity contribution is -0.124. The van der Waals surface area contributed by atoms with Gasteiger partial charge in [-0.2, -0.15) is 0 Å². The highest BCUT2D eigenvalue weighted by Gasteiger charge is 2.12. The summed E-state index contributed by atoms with van der Waals surface area (Å²) in [6.07, 6.45) is 2.17. The predicted molar refractivity (Wildman–Crippen MR) is 80.6 cm³/mol. The number of nitrogens with one attached hydrogen (secondary N) is 2. The summed E-state index contributed by atoms with van der Waals surface area (Å²) in [6, 6.07) is -0.538. The summed E-state index contributed by atoms with van der Waals surface area (Å²) in [7, 11) is 0. The molecule has 0 bridgehead atoms. The van der Waals surface area contributed by atoms with Gasteiger partial charge in [-0.3, -0.25) is 9.59 Å². The Kier molecular flexibility index (Phi) is 11.8. The smallest absolute Gasteiger partial charge is 0.236 e. The number of amides is 2. The molecule has 7 heteroatoms. The number of aliphatic hydroxyl groups excluding tert-OH is 1. The first-order chi connectivity index (χ1) is 9.99. The molecule has 0 aromatic heterocycles. The summed E-state index contributed by atoms with van der Waals surface area (Å²) in [5.74, 6) is -0.167. The SMILES string of the molecule is CC(C)C(=O)NCCCC[C@H](N)C(=O)NCCOCCO. The molecular weight excluding hydrogens is 274 g/mol. The molecule has 0 aliphatic carbocycles. The minimum atomic E-state index is -0.538. The maximum atomic E-state index is 11.6. The van der Waals surface area contributed by atoms with Gasteiger partial charge in [-0.15, -0.1) is 0 Å². The van der Waals surface area contributed by atoms with Gasteiger partial charge in [0.15, 0.2) is 0 Å². The fourth-order valence-corrected chi connectivity index (χ4v) is 1.58. The topological polar surface area (TPSA) is 114 Å². The highest BCUT2D eigenvalue weighted by molar-refractivity contribution is 5.81. The Bertz CT molecular complexity index is 298. The number of ether oxygens (including phenoxy) is 1. The molecule has 0 saturated heterocycles. The number of carbonyl (C=O) groups excluding carboxylic acids is 2. The van der Waals surface area contributed by atoms with E-state index in [2.05, 4.69) is 10.6 Å². The van der Waals surface area contributed by atoms with Crippen LogP contribution in [0.15, 0.2) is 0 Å². The van der Waals surface area contributed by atoms with Gasteiger partial charge in [-0.25, -0.2) is 0 Å². The molecule has 0 spiro atoms. The molecule has 0 heterocycles. The zero-order chi connectivity index (χ0) is 16.1. The first-order valence-electron chi connectivity index (χ1n) is 7.48. The number of rotatable bonds is 12. The number of carbonyl (C=O) groups is 2. The van der Waals surface area contributed by atoms with E-state index in [4.69, 9.17) is 15.6 Å². The molecule has 0 radical (unpaired) electrons. The number of aliphatic hydroxyl groups is 1.